The Morgan fingerprint density at radius 3 is 2.50 bits per heavy atom. The second-order valence-corrected chi connectivity index (χ2v) is 6.20. The lowest BCUT2D eigenvalue weighted by molar-refractivity contribution is 0.0693. The van der Waals surface area contributed by atoms with Crippen LogP contribution in [0.5, 0.6) is 0 Å². The second-order valence-electron chi connectivity index (χ2n) is 6.20. The van der Waals surface area contributed by atoms with Crippen molar-refractivity contribution in [2.24, 2.45) is 0 Å². The summed E-state index contributed by atoms with van der Waals surface area (Å²) >= 11 is 0. The highest BCUT2D eigenvalue weighted by Crippen LogP contribution is 2.21. The van der Waals surface area contributed by atoms with Gasteiger partial charge in [-0.05, 0) is 24.8 Å². The number of carbonyl (C=O) groups excluding carboxylic acids is 1. The van der Waals surface area contributed by atoms with E-state index in [-0.39, 0.29) is 12.2 Å². The van der Waals surface area contributed by atoms with Crippen LogP contribution in [0.25, 0.3) is 0 Å². The number of hydrogen-bond acceptors (Lipinski definition) is 4. The van der Waals surface area contributed by atoms with Gasteiger partial charge in [0.15, 0.2) is 0 Å². The highest BCUT2D eigenvalue weighted by atomic mass is 16.6. The summed E-state index contributed by atoms with van der Waals surface area (Å²) in [6.45, 7) is 3.57. The molecule has 1 aromatic carbocycles. The molecule has 0 aliphatic carbocycles. The molecule has 2 heterocycles. The van der Waals surface area contributed by atoms with E-state index in [1.165, 1.54) is 0 Å². The SMILES string of the molecule is O=C(OCc1ccccc1)N1CCC(N2CC[C@H](O)C2)CC1. The summed E-state index contributed by atoms with van der Waals surface area (Å²) in [6, 6.07) is 10.2. The third kappa shape index (κ3) is 3.78. The molecule has 1 N–H and O–H groups in total. The molecule has 5 heteroatoms. The number of amides is 1. The summed E-state index contributed by atoms with van der Waals surface area (Å²) in [5, 5.41) is 9.62. The maximum atomic E-state index is 12.1. The van der Waals surface area contributed by atoms with Crippen molar-refractivity contribution < 1.29 is 14.6 Å². The molecule has 0 spiro atoms. The number of likely N-dealkylation sites (tertiary alicyclic amines) is 2. The third-order valence-corrected chi connectivity index (χ3v) is 4.64. The fourth-order valence-corrected chi connectivity index (χ4v) is 3.32. The molecule has 5 nitrogen and oxygen atoms in total. The quantitative estimate of drug-likeness (QED) is 0.926. The molecular formula is C17H24N2O3. The summed E-state index contributed by atoms with van der Waals surface area (Å²) in [5.41, 5.74) is 1.01. The van der Waals surface area contributed by atoms with E-state index in [4.69, 9.17) is 4.74 Å². The van der Waals surface area contributed by atoms with E-state index >= 15 is 0 Å². The maximum absolute atomic E-state index is 12.1. The largest absolute Gasteiger partial charge is 0.445 e. The fourth-order valence-electron chi connectivity index (χ4n) is 3.32. The van der Waals surface area contributed by atoms with E-state index in [0.29, 0.717) is 12.6 Å². The summed E-state index contributed by atoms with van der Waals surface area (Å²) in [7, 11) is 0. The highest BCUT2D eigenvalue weighted by Gasteiger charge is 2.31. The van der Waals surface area contributed by atoms with Crippen molar-refractivity contribution in [3.05, 3.63) is 35.9 Å². The molecule has 2 aliphatic rings. The zero-order valence-corrected chi connectivity index (χ0v) is 12.9. The van der Waals surface area contributed by atoms with Crippen molar-refractivity contribution in [3.63, 3.8) is 0 Å². The van der Waals surface area contributed by atoms with E-state index < -0.39 is 0 Å². The predicted molar refractivity (Wildman–Crippen MR) is 83.4 cm³/mol. The molecule has 2 aliphatic heterocycles. The Bertz CT molecular complexity index is 486. The van der Waals surface area contributed by atoms with Gasteiger partial charge in [-0.1, -0.05) is 30.3 Å². The number of β-amino-alcohol motifs (C(OH)–C–C–N with tert-alkyl or cyclic N) is 1. The standard InChI is InChI=1S/C17H24N2O3/c20-16-8-11-19(12-16)15-6-9-18(10-7-15)17(21)22-13-14-4-2-1-3-5-14/h1-5,15-16,20H,6-13H2/t16-/m0/s1. The number of aliphatic hydroxyl groups is 1. The molecule has 0 unspecified atom stereocenters. The summed E-state index contributed by atoms with van der Waals surface area (Å²) < 4.78 is 5.38. The average Bonchev–Trinajstić information content (AvgIpc) is 3.00. The average molecular weight is 304 g/mol. The van der Waals surface area contributed by atoms with Crippen molar-refractivity contribution in [1.82, 2.24) is 9.80 Å². The summed E-state index contributed by atoms with van der Waals surface area (Å²) in [5.74, 6) is 0. The summed E-state index contributed by atoms with van der Waals surface area (Å²) in [6.07, 6.45) is 2.41. The zero-order chi connectivity index (χ0) is 15.4. The first-order valence-corrected chi connectivity index (χ1v) is 8.10. The number of hydrogen-bond donors (Lipinski definition) is 1. The Morgan fingerprint density at radius 2 is 1.86 bits per heavy atom. The molecule has 3 rings (SSSR count). The molecule has 22 heavy (non-hydrogen) atoms. The lowest BCUT2D eigenvalue weighted by Crippen LogP contribution is -2.46. The first-order valence-electron chi connectivity index (χ1n) is 8.10. The van der Waals surface area contributed by atoms with Crippen molar-refractivity contribution >= 4 is 6.09 Å². The molecule has 0 radical (unpaired) electrons. The van der Waals surface area contributed by atoms with Gasteiger partial charge in [0.1, 0.15) is 6.61 Å². The smallest absolute Gasteiger partial charge is 0.410 e. The Labute approximate surface area is 131 Å². The minimum Gasteiger partial charge on any atom is -0.445 e. The first-order chi connectivity index (χ1) is 10.7. The van der Waals surface area contributed by atoms with Gasteiger partial charge >= 0.3 is 6.09 Å². The molecular weight excluding hydrogens is 280 g/mol. The molecule has 1 amide bonds. The Balaban J connectivity index is 1.42. The van der Waals surface area contributed by atoms with Gasteiger partial charge < -0.3 is 14.7 Å². The van der Waals surface area contributed by atoms with Gasteiger partial charge in [-0.3, -0.25) is 4.90 Å². The lowest BCUT2D eigenvalue weighted by Gasteiger charge is -2.36. The molecule has 0 aromatic heterocycles. The molecule has 2 fully saturated rings. The second kappa shape index (κ2) is 7.11. The highest BCUT2D eigenvalue weighted by molar-refractivity contribution is 5.67. The Kier molecular flexibility index (Phi) is 4.95. The number of benzene rings is 1. The molecule has 0 saturated carbocycles. The zero-order valence-electron chi connectivity index (χ0n) is 12.9. The minimum absolute atomic E-state index is 0.172. The number of nitrogens with zero attached hydrogens (tertiary/aromatic N) is 2. The van der Waals surface area contributed by atoms with Crippen molar-refractivity contribution in [3.8, 4) is 0 Å². The van der Waals surface area contributed by atoms with E-state index in [1.54, 1.807) is 4.90 Å². The Morgan fingerprint density at radius 1 is 1.14 bits per heavy atom. The van der Waals surface area contributed by atoms with Crippen molar-refractivity contribution in [2.45, 2.75) is 38.0 Å². The van der Waals surface area contributed by atoms with Crippen LogP contribution in [-0.2, 0) is 11.3 Å². The van der Waals surface area contributed by atoms with Gasteiger partial charge in [-0.15, -0.1) is 0 Å². The van der Waals surface area contributed by atoms with Crippen LogP contribution in [0.4, 0.5) is 4.79 Å². The van der Waals surface area contributed by atoms with Gasteiger partial charge in [0.2, 0.25) is 0 Å². The number of carbonyl (C=O) groups is 1. The topological polar surface area (TPSA) is 53.0 Å². The Hall–Kier alpha value is -1.59. The van der Waals surface area contributed by atoms with Crippen molar-refractivity contribution in [2.75, 3.05) is 26.2 Å². The van der Waals surface area contributed by atoms with Crippen LogP contribution >= 0.6 is 0 Å². The number of aliphatic hydroxyl groups excluding tert-OH is 1. The molecule has 0 bridgehead atoms. The number of piperidine rings is 1. The summed E-state index contributed by atoms with van der Waals surface area (Å²) in [4.78, 5) is 16.3. The minimum atomic E-state index is -0.219. The van der Waals surface area contributed by atoms with E-state index in [0.717, 1.165) is 51.0 Å². The molecule has 1 aromatic rings. The first kappa shape index (κ1) is 15.3. The van der Waals surface area contributed by atoms with Crippen LogP contribution in [0.15, 0.2) is 30.3 Å². The van der Waals surface area contributed by atoms with Crippen LogP contribution < -0.4 is 0 Å². The molecule has 120 valence electrons. The fraction of sp³-hybridized carbons (Fsp3) is 0.588. The van der Waals surface area contributed by atoms with Crippen molar-refractivity contribution in [1.29, 1.82) is 0 Å². The van der Waals surface area contributed by atoms with Gasteiger partial charge in [0.05, 0.1) is 6.10 Å². The maximum Gasteiger partial charge on any atom is 0.410 e. The van der Waals surface area contributed by atoms with Gasteiger partial charge in [-0.2, -0.15) is 0 Å². The van der Waals surface area contributed by atoms with Crippen LogP contribution in [0.2, 0.25) is 0 Å². The van der Waals surface area contributed by atoms with Crippen LogP contribution in [0.3, 0.4) is 0 Å². The van der Waals surface area contributed by atoms with Crippen LogP contribution in [0.1, 0.15) is 24.8 Å². The van der Waals surface area contributed by atoms with E-state index in [2.05, 4.69) is 4.90 Å². The molecule has 1 atom stereocenters. The molecule has 2 saturated heterocycles. The normalized spacial score (nSPS) is 23.7. The van der Waals surface area contributed by atoms with Crippen LogP contribution in [-0.4, -0.2) is 59.3 Å². The predicted octanol–water partition coefficient (Wildman–Crippen LogP) is 1.85. The van der Waals surface area contributed by atoms with Gasteiger partial charge in [-0.25, -0.2) is 4.79 Å². The van der Waals surface area contributed by atoms with Gasteiger partial charge in [0.25, 0.3) is 0 Å². The van der Waals surface area contributed by atoms with Crippen LogP contribution in [0, 0.1) is 0 Å². The van der Waals surface area contributed by atoms with E-state index in [1.807, 2.05) is 30.3 Å². The number of ether oxygens (including phenoxy) is 1. The number of rotatable bonds is 3. The third-order valence-electron chi connectivity index (χ3n) is 4.64. The van der Waals surface area contributed by atoms with Gasteiger partial charge in [0, 0.05) is 32.2 Å². The monoisotopic (exact) mass is 304 g/mol. The lowest BCUT2D eigenvalue weighted by atomic mass is 10.0. The van der Waals surface area contributed by atoms with E-state index in [9.17, 15) is 9.90 Å².